The average Bonchev–Trinajstić information content (AvgIpc) is 2.20. The Kier molecular flexibility index (Phi) is 3.29. The molecule has 0 bridgehead atoms. The Balaban J connectivity index is 2.93. The third kappa shape index (κ3) is 2.13. The minimum Gasteiger partial charge on any atom is -0.530 e. The van der Waals surface area contributed by atoms with E-state index in [9.17, 15) is 9.90 Å². The van der Waals surface area contributed by atoms with Crippen molar-refractivity contribution in [3.8, 4) is 0 Å². The van der Waals surface area contributed by atoms with Crippen molar-refractivity contribution in [3.63, 3.8) is 0 Å². The van der Waals surface area contributed by atoms with E-state index >= 15 is 0 Å². The number of amides is 1. The minimum absolute atomic E-state index is 0.346. The molecule has 0 heterocycles. The summed E-state index contributed by atoms with van der Waals surface area (Å²) in [6, 6.07) is 8.95. The van der Waals surface area contributed by atoms with E-state index < -0.39 is 6.09 Å². The number of carbonyl (C=O) groups excluding carboxylic acids is 1. The molecule has 0 aromatic heterocycles. The highest BCUT2D eigenvalue weighted by atomic mass is 16.4. The van der Waals surface area contributed by atoms with Crippen LogP contribution in [0, 0.1) is 0 Å². The normalized spacial score (nSPS) is 11.8. The monoisotopic (exact) mass is 190 g/mol. The Hall–Kier alpha value is -1.77. The minimum atomic E-state index is -1.21. The number of likely N-dealkylation sites (N-methyl/N-ethyl adjacent to an activating group) is 1. The summed E-state index contributed by atoms with van der Waals surface area (Å²) in [5.74, 6) is 0. The third-order valence-corrected chi connectivity index (χ3v) is 2.07. The first-order valence-electron chi connectivity index (χ1n) is 4.28. The molecule has 0 aliphatic rings. The maximum absolute atomic E-state index is 10.6. The highest BCUT2D eigenvalue weighted by molar-refractivity contribution is 5.63. The van der Waals surface area contributed by atoms with Gasteiger partial charge in [0.15, 0.2) is 0 Å². The van der Waals surface area contributed by atoms with Gasteiger partial charge < -0.3 is 14.8 Å². The second kappa shape index (κ2) is 4.46. The fourth-order valence-electron chi connectivity index (χ4n) is 1.28. The van der Waals surface area contributed by atoms with E-state index in [1.54, 1.807) is 6.08 Å². The SMILES string of the molecule is C=CC(c1ccccc1)N(C)C(=O)[O-]. The van der Waals surface area contributed by atoms with Gasteiger partial charge in [-0.15, -0.1) is 6.58 Å². The molecule has 0 radical (unpaired) electrons. The van der Waals surface area contributed by atoms with Crippen LogP contribution in [0.2, 0.25) is 0 Å². The summed E-state index contributed by atoms with van der Waals surface area (Å²) in [6.45, 7) is 3.61. The van der Waals surface area contributed by atoms with Gasteiger partial charge >= 0.3 is 0 Å². The maximum atomic E-state index is 10.6. The number of carbonyl (C=O) groups is 1. The largest absolute Gasteiger partial charge is 0.530 e. The Bertz CT molecular complexity index is 321. The van der Waals surface area contributed by atoms with Crippen molar-refractivity contribution in [1.82, 2.24) is 4.90 Å². The Labute approximate surface area is 83.3 Å². The molecular weight excluding hydrogens is 178 g/mol. The van der Waals surface area contributed by atoms with E-state index in [0.717, 1.165) is 10.5 Å². The quantitative estimate of drug-likeness (QED) is 0.672. The summed E-state index contributed by atoms with van der Waals surface area (Å²) < 4.78 is 0. The molecule has 0 saturated heterocycles. The standard InChI is InChI=1S/C11H13NO2/c1-3-10(12(2)11(13)14)9-7-5-4-6-8-9/h3-8,10H,1H2,2H3,(H,13,14)/p-1. The van der Waals surface area contributed by atoms with Crippen molar-refractivity contribution in [2.24, 2.45) is 0 Å². The number of rotatable bonds is 3. The fourth-order valence-corrected chi connectivity index (χ4v) is 1.28. The van der Waals surface area contributed by atoms with Crippen molar-refractivity contribution in [1.29, 1.82) is 0 Å². The topological polar surface area (TPSA) is 43.4 Å². The van der Waals surface area contributed by atoms with Crippen LogP contribution in [0.4, 0.5) is 4.79 Å². The van der Waals surface area contributed by atoms with Gasteiger partial charge in [-0.3, -0.25) is 0 Å². The molecule has 0 aliphatic carbocycles. The van der Waals surface area contributed by atoms with Gasteiger partial charge in [0, 0.05) is 7.05 Å². The molecular formula is C11H12NO2-. The van der Waals surface area contributed by atoms with Crippen molar-refractivity contribution in [2.75, 3.05) is 7.05 Å². The molecule has 1 aromatic carbocycles. The second-order valence-electron chi connectivity index (χ2n) is 2.97. The van der Waals surface area contributed by atoms with Crippen LogP contribution in [-0.4, -0.2) is 18.0 Å². The molecule has 3 heteroatoms. The van der Waals surface area contributed by atoms with Gasteiger partial charge in [0.05, 0.1) is 6.04 Å². The summed E-state index contributed by atoms with van der Waals surface area (Å²) in [5, 5.41) is 10.6. The van der Waals surface area contributed by atoms with E-state index in [1.165, 1.54) is 7.05 Å². The first-order valence-corrected chi connectivity index (χ1v) is 4.28. The molecule has 3 nitrogen and oxygen atoms in total. The van der Waals surface area contributed by atoms with E-state index in [4.69, 9.17) is 0 Å². The number of carboxylic acid groups (broad SMARTS) is 1. The zero-order valence-corrected chi connectivity index (χ0v) is 8.01. The van der Waals surface area contributed by atoms with Crippen LogP contribution in [0.3, 0.4) is 0 Å². The molecule has 14 heavy (non-hydrogen) atoms. The lowest BCUT2D eigenvalue weighted by Gasteiger charge is -2.27. The molecule has 0 spiro atoms. The summed E-state index contributed by atoms with van der Waals surface area (Å²) in [7, 11) is 1.47. The molecule has 1 atom stereocenters. The van der Waals surface area contributed by atoms with Gasteiger partial charge in [-0.1, -0.05) is 36.4 Å². The highest BCUT2D eigenvalue weighted by Crippen LogP contribution is 2.19. The third-order valence-electron chi connectivity index (χ3n) is 2.07. The lowest BCUT2D eigenvalue weighted by atomic mass is 10.1. The molecule has 0 N–H and O–H groups in total. The van der Waals surface area contributed by atoms with Crippen LogP contribution >= 0.6 is 0 Å². The van der Waals surface area contributed by atoms with E-state index in [1.807, 2.05) is 30.3 Å². The Morgan fingerprint density at radius 1 is 1.50 bits per heavy atom. The van der Waals surface area contributed by atoms with Crippen LogP contribution in [0.25, 0.3) is 0 Å². The van der Waals surface area contributed by atoms with Crippen LogP contribution in [0.1, 0.15) is 11.6 Å². The van der Waals surface area contributed by atoms with E-state index in [-0.39, 0.29) is 6.04 Å². The number of benzene rings is 1. The van der Waals surface area contributed by atoms with Crippen molar-refractivity contribution in [3.05, 3.63) is 48.6 Å². The molecule has 74 valence electrons. The predicted molar refractivity (Wildman–Crippen MR) is 52.5 cm³/mol. The van der Waals surface area contributed by atoms with Crippen molar-refractivity contribution in [2.45, 2.75) is 6.04 Å². The summed E-state index contributed by atoms with van der Waals surface area (Å²) in [4.78, 5) is 11.8. The maximum Gasteiger partial charge on any atom is 0.137 e. The van der Waals surface area contributed by atoms with E-state index in [0.29, 0.717) is 0 Å². The predicted octanol–water partition coefficient (Wildman–Crippen LogP) is 1.19. The van der Waals surface area contributed by atoms with Gasteiger partial charge in [0.1, 0.15) is 6.09 Å². The van der Waals surface area contributed by atoms with Crippen LogP contribution in [0.15, 0.2) is 43.0 Å². The van der Waals surface area contributed by atoms with Crippen LogP contribution in [0.5, 0.6) is 0 Å². The number of hydrogen-bond donors (Lipinski definition) is 0. The first kappa shape index (κ1) is 10.3. The summed E-state index contributed by atoms with van der Waals surface area (Å²) in [5.41, 5.74) is 0.884. The Morgan fingerprint density at radius 2 is 2.07 bits per heavy atom. The molecule has 1 aromatic rings. The first-order chi connectivity index (χ1) is 6.66. The molecule has 0 saturated carbocycles. The van der Waals surface area contributed by atoms with Crippen LogP contribution < -0.4 is 5.11 Å². The summed E-state index contributed by atoms with van der Waals surface area (Å²) >= 11 is 0. The van der Waals surface area contributed by atoms with Gasteiger partial charge in [-0.2, -0.15) is 0 Å². The van der Waals surface area contributed by atoms with E-state index in [2.05, 4.69) is 6.58 Å². The van der Waals surface area contributed by atoms with Crippen LogP contribution in [-0.2, 0) is 0 Å². The summed E-state index contributed by atoms with van der Waals surface area (Å²) in [6.07, 6.45) is 0.365. The highest BCUT2D eigenvalue weighted by Gasteiger charge is 2.11. The van der Waals surface area contributed by atoms with Gasteiger partial charge in [-0.05, 0) is 5.56 Å². The molecule has 1 amide bonds. The molecule has 0 aliphatic heterocycles. The lowest BCUT2D eigenvalue weighted by Crippen LogP contribution is -2.40. The van der Waals surface area contributed by atoms with Gasteiger partial charge in [-0.25, -0.2) is 0 Å². The smallest absolute Gasteiger partial charge is 0.137 e. The zero-order valence-electron chi connectivity index (χ0n) is 8.01. The average molecular weight is 190 g/mol. The zero-order chi connectivity index (χ0) is 10.6. The molecule has 0 fully saturated rings. The Morgan fingerprint density at radius 3 is 2.50 bits per heavy atom. The molecule has 1 unspecified atom stereocenters. The lowest BCUT2D eigenvalue weighted by molar-refractivity contribution is -0.265. The van der Waals surface area contributed by atoms with Gasteiger partial charge in [0.25, 0.3) is 0 Å². The number of nitrogens with zero attached hydrogens (tertiary/aromatic N) is 1. The second-order valence-corrected chi connectivity index (χ2v) is 2.97. The van der Waals surface area contributed by atoms with Crippen molar-refractivity contribution < 1.29 is 9.90 Å². The number of hydrogen-bond acceptors (Lipinski definition) is 2. The molecule has 1 rings (SSSR count). The fraction of sp³-hybridized carbons (Fsp3) is 0.182. The van der Waals surface area contributed by atoms with Crippen molar-refractivity contribution >= 4 is 6.09 Å². The van der Waals surface area contributed by atoms with Gasteiger partial charge in [0.2, 0.25) is 0 Å².